The molecule has 0 amide bonds. The average Bonchev–Trinajstić information content (AvgIpc) is 3.08. The molecule has 0 aliphatic carbocycles. The van der Waals surface area contributed by atoms with Crippen LogP contribution in [0.4, 0.5) is 0 Å². The molecule has 1 aliphatic rings. The molecule has 2 aromatic rings. The highest BCUT2D eigenvalue weighted by Crippen LogP contribution is 2.27. The fourth-order valence-electron chi connectivity index (χ4n) is 2.53. The van der Waals surface area contributed by atoms with Gasteiger partial charge in [0.2, 0.25) is 0 Å². The maximum Gasteiger partial charge on any atom is 0.170 e. The summed E-state index contributed by atoms with van der Waals surface area (Å²) in [7, 11) is 0. The molecule has 1 aromatic carbocycles. The van der Waals surface area contributed by atoms with E-state index in [2.05, 4.69) is 11.0 Å². The van der Waals surface area contributed by atoms with Crippen LogP contribution in [-0.4, -0.2) is 43.5 Å². The van der Waals surface area contributed by atoms with Crippen molar-refractivity contribution in [2.24, 2.45) is 0 Å². The van der Waals surface area contributed by atoms with Crippen LogP contribution in [0.25, 0.3) is 5.57 Å². The van der Waals surface area contributed by atoms with Crippen molar-refractivity contribution in [3.63, 3.8) is 0 Å². The molecular weight excluding hydrogens is 294 g/mol. The van der Waals surface area contributed by atoms with E-state index in [9.17, 15) is 4.79 Å². The summed E-state index contributed by atoms with van der Waals surface area (Å²) in [6.45, 7) is 3.56. The first-order chi connectivity index (χ1) is 10.8. The van der Waals surface area contributed by atoms with Crippen molar-refractivity contribution in [1.29, 1.82) is 0 Å². The molecule has 3 nitrogen and oxygen atoms in total. The summed E-state index contributed by atoms with van der Waals surface area (Å²) in [5.41, 5.74) is 2.09. The summed E-state index contributed by atoms with van der Waals surface area (Å²) in [6.07, 6.45) is 1.79. The number of carbonyl (C=O) groups is 1. The fraction of sp³-hybridized carbons (Fsp3) is 0.278. The Kier molecular flexibility index (Phi) is 5.16. The molecule has 0 atom stereocenters. The maximum absolute atomic E-state index is 12.4. The third kappa shape index (κ3) is 3.91. The minimum atomic E-state index is 0.147. The van der Waals surface area contributed by atoms with Crippen molar-refractivity contribution in [1.82, 2.24) is 4.90 Å². The number of benzene rings is 1. The van der Waals surface area contributed by atoms with Gasteiger partial charge in [0.25, 0.3) is 0 Å². The second kappa shape index (κ2) is 7.49. The van der Waals surface area contributed by atoms with Gasteiger partial charge in [-0.25, -0.2) is 0 Å². The lowest BCUT2D eigenvalue weighted by atomic mass is 10.0. The van der Waals surface area contributed by atoms with Crippen molar-refractivity contribution in [2.45, 2.75) is 0 Å². The van der Waals surface area contributed by atoms with Crippen molar-refractivity contribution < 1.29 is 9.53 Å². The average molecular weight is 313 g/mol. The van der Waals surface area contributed by atoms with Gasteiger partial charge in [0.05, 0.1) is 19.8 Å². The predicted molar refractivity (Wildman–Crippen MR) is 90.1 cm³/mol. The molecule has 3 rings (SSSR count). The van der Waals surface area contributed by atoms with Gasteiger partial charge >= 0.3 is 0 Å². The highest BCUT2D eigenvalue weighted by atomic mass is 32.1. The van der Waals surface area contributed by atoms with E-state index in [-0.39, 0.29) is 5.78 Å². The molecule has 0 unspecified atom stereocenters. The molecule has 2 heterocycles. The molecule has 114 valence electrons. The van der Waals surface area contributed by atoms with Crippen LogP contribution < -0.4 is 0 Å². The zero-order valence-electron chi connectivity index (χ0n) is 12.4. The summed E-state index contributed by atoms with van der Waals surface area (Å²) in [5, 5.41) is 2.04. The number of ketones is 1. The first-order valence-electron chi connectivity index (χ1n) is 7.47. The minimum Gasteiger partial charge on any atom is -0.379 e. The molecule has 4 heteroatoms. The van der Waals surface area contributed by atoms with E-state index in [1.165, 1.54) is 0 Å². The van der Waals surface area contributed by atoms with Crippen LogP contribution in [0.1, 0.15) is 10.4 Å². The number of morpholine rings is 1. The SMILES string of the molecule is O=C(/C=C(\c1ccccc1)c1cccs1)CN1CCOCC1. The molecular formula is C18H19NO2S. The van der Waals surface area contributed by atoms with Gasteiger partial charge in [0.1, 0.15) is 0 Å². The molecule has 1 fully saturated rings. The van der Waals surface area contributed by atoms with Crippen LogP contribution in [0.15, 0.2) is 53.9 Å². The largest absolute Gasteiger partial charge is 0.379 e. The zero-order valence-corrected chi connectivity index (χ0v) is 13.2. The molecule has 0 radical (unpaired) electrons. The van der Waals surface area contributed by atoms with Crippen molar-refractivity contribution in [3.8, 4) is 0 Å². The van der Waals surface area contributed by atoms with Gasteiger partial charge in [0, 0.05) is 23.5 Å². The molecule has 1 aliphatic heterocycles. The molecule has 22 heavy (non-hydrogen) atoms. The first-order valence-corrected chi connectivity index (χ1v) is 8.35. The second-order valence-electron chi connectivity index (χ2n) is 5.26. The van der Waals surface area contributed by atoms with E-state index >= 15 is 0 Å². The van der Waals surface area contributed by atoms with E-state index in [1.54, 1.807) is 17.4 Å². The Bertz CT molecular complexity index is 628. The lowest BCUT2D eigenvalue weighted by Gasteiger charge is -2.25. The summed E-state index contributed by atoms with van der Waals surface area (Å²) in [6, 6.07) is 14.2. The highest BCUT2D eigenvalue weighted by molar-refractivity contribution is 7.11. The number of carbonyl (C=O) groups excluding carboxylic acids is 1. The Hall–Kier alpha value is -1.75. The Morgan fingerprint density at radius 1 is 1.14 bits per heavy atom. The third-order valence-electron chi connectivity index (χ3n) is 3.66. The smallest absolute Gasteiger partial charge is 0.170 e. The quantitative estimate of drug-likeness (QED) is 0.795. The van der Waals surface area contributed by atoms with Gasteiger partial charge < -0.3 is 4.74 Å². The number of hydrogen-bond donors (Lipinski definition) is 0. The van der Waals surface area contributed by atoms with Gasteiger partial charge in [-0.2, -0.15) is 0 Å². The molecule has 0 N–H and O–H groups in total. The van der Waals surface area contributed by atoms with Crippen LogP contribution >= 0.6 is 11.3 Å². The highest BCUT2D eigenvalue weighted by Gasteiger charge is 2.14. The standard InChI is InChI=1S/C18H19NO2S/c20-16(14-19-8-10-21-11-9-19)13-17(18-7-4-12-22-18)15-5-2-1-3-6-15/h1-7,12-13H,8-11,14H2/b17-13+. The van der Waals surface area contributed by atoms with E-state index in [0.717, 1.165) is 29.1 Å². The van der Waals surface area contributed by atoms with Gasteiger partial charge in [-0.05, 0) is 23.1 Å². The summed E-state index contributed by atoms with van der Waals surface area (Å²) < 4.78 is 5.32. The first kappa shape index (κ1) is 15.2. The maximum atomic E-state index is 12.4. The molecule has 0 saturated carbocycles. The number of hydrogen-bond acceptors (Lipinski definition) is 4. The van der Waals surface area contributed by atoms with Crippen LogP contribution in [0.2, 0.25) is 0 Å². The van der Waals surface area contributed by atoms with Gasteiger partial charge in [0.15, 0.2) is 5.78 Å². The zero-order chi connectivity index (χ0) is 15.2. The second-order valence-corrected chi connectivity index (χ2v) is 6.20. The summed E-state index contributed by atoms with van der Waals surface area (Å²) in [5.74, 6) is 0.147. The van der Waals surface area contributed by atoms with E-state index < -0.39 is 0 Å². The van der Waals surface area contributed by atoms with Crippen LogP contribution in [0, 0.1) is 0 Å². The van der Waals surface area contributed by atoms with Gasteiger partial charge in [-0.15, -0.1) is 11.3 Å². The van der Waals surface area contributed by atoms with E-state index in [0.29, 0.717) is 19.8 Å². The van der Waals surface area contributed by atoms with Crippen molar-refractivity contribution in [3.05, 3.63) is 64.4 Å². The lowest BCUT2D eigenvalue weighted by molar-refractivity contribution is -0.116. The van der Waals surface area contributed by atoms with Gasteiger partial charge in [-0.1, -0.05) is 36.4 Å². The van der Waals surface area contributed by atoms with Crippen LogP contribution in [-0.2, 0) is 9.53 Å². The fourth-order valence-corrected chi connectivity index (χ4v) is 3.30. The molecule has 1 aromatic heterocycles. The summed E-state index contributed by atoms with van der Waals surface area (Å²) in [4.78, 5) is 15.7. The van der Waals surface area contributed by atoms with Crippen LogP contribution in [0.3, 0.4) is 0 Å². The van der Waals surface area contributed by atoms with E-state index in [1.807, 2.05) is 41.8 Å². The van der Waals surface area contributed by atoms with E-state index in [4.69, 9.17) is 4.74 Å². The normalized spacial score (nSPS) is 16.6. The number of nitrogens with zero attached hydrogens (tertiary/aromatic N) is 1. The Labute approximate surface area is 134 Å². The minimum absolute atomic E-state index is 0.147. The number of thiophene rings is 1. The summed E-state index contributed by atoms with van der Waals surface area (Å²) >= 11 is 1.66. The Morgan fingerprint density at radius 3 is 2.59 bits per heavy atom. The lowest BCUT2D eigenvalue weighted by Crippen LogP contribution is -2.39. The van der Waals surface area contributed by atoms with Crippen LogP contribution in [0.5, 0.6) is 0 Å². The van der Waals surface area contributed by atoms with Crippen molar-refractivity contribution in [2.75, 3.05) is 32.8 Å². The Balaban J connectivity index is 1.81. The third-order valence-corrected chi connectivity index (χ3v) is 4.56. The monoisotopic (exact) mass is 313 g/mol. The van der Waals surface area contributed by atoms with Crippen molar-refractivity contribution >= 4 is 22.7 Å². The molecule has 0 spiro atoms. The molecule has 1 saturated heterocycles. The molecule has 0 bridgehead atoms. The Morgan fingerprint density at radius 2 is 1.91 bits per heavy atom. The number of ether oxygens (including phenoxy) is 1. The number of rotatable bonds is 5. The van der Waals surface area contributed by atoms with Gasteiger partial charge in [-0.3, -0.25) is 9.69 Å². The predicted octanol–water partition coefficient (Wildman–Crippen LogP) is 3.08. The topological polar surface area (TPSA) is 29.5 Å².